The predicted octanol–water partition coefficient (Wildman–Crippen LogP) is 7.62. The van der Waals surface area contributed by atoms with Crippen LogP contribution in [0.2, 0.25) is 0 Å². The number of hydrogen-bond donors (Lipinski definition) is 0. The van der Waals surface area contributed by atoms with Gasteiger partial charge in [0.05, 0.1) is 35.6 Å². The second-order valence-corrected chi connectivity index (χ2v) is 19.8. The molecule has 12 nitrogen and oxygen atoms in total. The Hall–Kier alpha value is -0.237. The van der Waals surface area contributed by atoms with Crippen molar-refractivity contribution in [1.82, 2.24) is 9.80 Å². The molecule has 318 valence electrons. The second kappa shape index (κ2) is 27.5. The van der Waals surface area contributed by atoms with Gasteiger partial charge in [0.1, 0.15) is 17.8 Å². The number of terminal acetylenes is 1. The molecule has 18 heteroatoms. The fraction of sp³-hybridized carbons (Fsp3) is 0.811. The number of allylic oxidation sites excluding steroid dienone is 1. The van der Waals surface area contributed by atoms with Crippen molar-refractivity contribution >= 4 is 57.1 Å². The standard InChI is InChI=1S/C19H36BNO5.C11H19NO3.C6H13BO2.CH4ClP2.Zr/c1-17(2,3)24-16(22)21(8)13-15-23-14-11-9-10-12-20-25-18(4,5)19(6,7)26-20;1-6-8-14-9-7-12(5)10(13)15-11(2,3)4;1-5(2)6(3,4)9-7-8-5;2-1(3)4;/h10,12H,9,11,13-15H2,1-8H3;1H,7-9H2,2-5H3;7H,1-4H3;3-4H2;/q;;;-1;/b12-10+;;;;. The molecule has 2 amide bonds. The minimum absolute atomic E-state index is 0. The molecule has 2 unspecified atom stereocenters. The van der Waals surface area contributed by atoms with Crippen LogP contribution in [0.3, 0.4) is 0 Å². The molecule has 2 aliphatic heterocycles. The molecule has 0 N–H and O–H groups in total. The smallest absolute Gasteiger partial charge is 0.444 e. The molecular weight excluding hydrogens is 843 g/mol. The number of ether oxygens (including phenoxy) is 4. The Labute approximate surface area is 364 Å². The van der Waals surface area contributed by atoms with Gasteiger partial charge in [0.25, 0.3) is 0 Å². The zero-order valence-electron chi connectivity index (χ0n) is 36.7. The molecule has 0 aromatic carbocycles. The molecule has 55 heavy (non-hydrogen) atoms. The molecule has 0 radical (unpaired) electrons. The number of halogens is 1. The van der Waals surface area contributed by atoms with Crippen molar-refractivity contribution in [2.75, 3.05) is 53.6 Å². The number of rotatable bonds is 12. The number of nitrogens with zero attached hydrogens (tertiary/aromatic N) is 2. The summed E-state index contributed by atoms with van der Waals surface area (Å²) in [5.41, 5.74) is -1.81. The molecule has 0 bridgehead atoms. The Bertz CT molecular complexity index is 1130. The Kier molecular flexibility index (Phi) is 29.5. The first-order valence-electron chi connectivity index (χ1n) is 18.2. The summed E-state index contributed by atoms with van der Waals surface area (Å²) in [5, 5.41) is 0. The number of likely N-dealkylation sites (N-methyl/N-ethyl adjacent to an activating group) is 2. The first-order valence-corrected chi connectivity index (χ1v) is 19.7. The Morgan fingerprint density at radius 2 is 1.18 bits per heavy atom. The largest absolute Gasteiger partial charge is 0.486 e. The molecule has 2 rings (SSSR count). The third kappa shape index (κ3) is 28.8. The van der Waals surface area contributed by atoms with E-state index >= 15 is 0 Å². The Morgan fingerprint density at radius 1 is 0.800 bits per heavy atom. The van der Waals surface area contributed by atoms with Crippen molar-refractivity contribution in [2.24, 2.45) is 0 Å². The van der Waals surface area contributed by atoms with Crippen molar-refractivity contribution in [3.8, 4) is 12.3 Å². The van der Waals surface area contributed by atoms with Crippen LogP contribution in [0.5, 0.6) is 0 Å². The Balaban J connectivity index is -0.000000781. The van der Waals surface area contributed by atoms with Gasteiger partial charge in [0.2, 0.25) is 0 Å². The van der Waals surface area contributed by atoms with Crippen molar-refractivity contribution in [1.29, 1.82) is 0 Å². The van der Waals surface area contributed by atoms with Gasteiger partial charge in [-0.25, -0.2) is 9.59 Å². The van der Waals surface area contributed by atoms with Gasteiger partial charge in [-0.1, -0.05) is 18.0 Å². The van der Waals surface area contributed by atoms with Gasteiger partial charge in [0.15, 0.2) is 0 Å². The van der Waals surface area contributed by atoms with Gasteiger partial charge in [-0.3, -0.25) is 18.5 Å². The fourth-order valence-electron chi connectivity index (χ4n) is 3.65. The van der Waals surface area contributed by atoms with Crippen LogP contribution in [0, 0.1) is 17.2 Å². The van der Waals surface area contributed by atoms with Gasteiger partial charge in [-0.05, 0) is 110 Å². The molecule has 0 aromatic heterocycles. The van der Waals surface area contributed by atoms with E-state index in [1.807, 2.05) is 103 Å². The molecule has 0 saturated carbocycles. The molecule has 0 aliphatic carbocycles. The number of unbranched alkanes of at least 4 members (excludes halogenated alkanes) is 1. The maximum atomic E-state index is 11.8. The van der Waals surface area contributed by atoms with Gasteiger partial charge in [0, 0.05) is 60.0 Å². The molecule has 2 heterocycles. The van der Waals surface area contributed by atoms with Crippen LogP contribution in [0.1, 0.15) is 110 Å². The zero-order valence-corrected chi connectivity index (χ0v) is 42.2. The summed E-state index contributed by atoms with van der Waals surface area (Å²) in [7, 11) is 8.12. The summed E-state index contributed by atoms with van der Waals surface area (Å²) >= 11 is 5.12. The maximum Gasteiger partial charge on any atom is 0.486 e. The van der Waals surface area contributed by atoms with E-state index in [4.69, 9.17) is 55.6 Å². The summed E-state index contributed by atoms with van der Waals surface area (Å²) in [6, 6.07) is 0. The van der Waals surface area contributed by atoms with E-state index < -0.39 is 11.2 Å². The molecular formula is C37H72B2ClN2O10P2Zr-. The zero-order chi connectivity index (χ0) is 42.6. The van der Waals surface area contributed by atoms with E-state index in [1.165, 1.54) is 9.80 Å². The van der Waals surface area contributed by atoms with E-state index in [1.54, 1.807) is 14.1 Å². The van der Waals surface area contributed by atoms with Crippen LogP contribution in [0.15, 0.2) is 12.1 Å². The minimum Gasteiger partial charge on any atom is -0.444 e. The maximum absolute atomic E-state index is 11.8. The second-order valence-electron chi connectivity index (χ2n) is 16.7. The van der Waals surface area contributed by atoms with Crippen LogP contribution >= 0.6 is 30.1 Å². The third-order valence-corrected chi connectivity index (χ3v) is 8.25. The topological polar surface area (TPSA) is 114 Å². The first-order chi connectivity index (χ1) is 24.4. The number of hydrogen-bond acceptors (Lipinski definition) is 10. The number of carbonyl (C=O) groups excluding carboxylic acids is 2. The third-order valence-electron chi connectivity index (χ3n) is 8.25. The van der Waals surface area contributed by atoms with Gasteiger partial charge < -0.3 is 59.0 Å². The van der Waals surface area contributed by atoms with E-state index in [0.29, 0.717) is 40.6 Å². The molecule has 0 aromatic rings. The van der Waals surface area contributed by atoms with Crippen LogP contribution < -0.4 is 0 Å². The van der Waals surface area contributed by atoms with E-state index in [-0.39, 0.29) is 74.5 Å². The van der Waals surface area contributed by atoms with Crippen molar-refractivity contribution in [2.45, 2.75) is 143 Å². The van der Waals surface area contributed by atoms with Crippen LogP contribution in [0.25, 0.3) is 0 Å². The summed E-state index contributed by atoms with van der Waals surface area (Å²) in [5.74, 6) is 4.32. The van der Waals surface area contributed by atoms with Crippen LogP contribution in [-0.2, 0) is 63.8 Å². The number of carbonyl (C=O) groups is 2. The van der Waals surface area contributed by atoms with Gasteiger partial charge >= 0.3 is 27.0 Å². The molecule has 2 saturated heterocycles. The van der Waals surface area contributed by atoms with E-state index in [9.17, 15) is 9.59 Å². The van der Waals surface area contributed by atoms with Crippen molar-refractivity contribution in [3.63, 3.8) is 0 Å². The molecule has 2 atom stereocenters. The molecule has 2 aliphatic rings. The van der Waals surface area contributed by atoms with Crippen molar-refractivity contribution < 1.29 is 73.4 Å². The SMILES string of the molecule is C#CCOCCN(C)C(=O)OC(C)(C)C.CC1(C)OBOC1(C)C.CN(CCOCCC/C=C/B1OC(C)(C)C(C)(C)O1)C(=O)OC(C)(C)C.P[C-](P)Cl.[Zr]. The molecule has 2 fully saturated rings. The average Bonchev–Trinajstić information content (AvgIpc) is 3.36. The van der Waals surface area contributed by atoms with E-state index in [0.717, 1.165) is 17.7 Å². The summed E-state index contributed by atoms with van der Waals surface area (Å²) < 4.78 is 43.5. The van der Waals surface area contributed by atoms with Crippen LogP contribution in [-0.4, -0.2) is 124 Å². The minimum atomic E-state index is -0.476. The first kappa shape index (κ1) is 59.1. The van der Waals surface area contributed by atoms with Crippen molar-refractivity contribution in [3.05, 3.63) is 16.9 Å². The number of amides is 2. The monoisotopic (exact) mass is 913 g/mol. The molecule has 0 spiro atoms. The van der Waals surface area contributed by atoms with Gasteiger partial charge in [-0.15, -0.1) is 6.42 Å². The van der Waals surface area contributed by atoms with Gasteiger partial charge in [-0.2, -0.15) is 4.86 Å². The summed E-state index contributed by atoms with van der Waals surface area (Å²) in [4.78, 5) is 26.9. The summed E-state index contributed by atoms with van der Waals surface area (Å²) in [6.07, 6.45) is 8.20. The fourth-order valence-corrected chi connectivity index (χ4v) is 3.65. The van der Waals surface area contributed by atoms with Crippen LogP contribution in [0.4, 0.5) is 9.59 Å². The Morgan fingerprint density at radius 3 is 1.51 bits per heavy atom. The average molecular weight is 915 g/mol. The predicted molar refractivity (Wildman–Crippen MR) is 229 cm³/mol. The quantitative estimate of drug-likeness (QED) is 0.0638. The van der Waals surface area contributed by atoms with E-state index in [2.05, 4.69) is 30.5 Å². The summed E-state index contributed by atoms with van der Waals surface area (Å²) in [6.45, 7) is 30.2. The normalized spacial score (nSPS) is 17.5.